The summed E-state index contributed by atoms with van der Waals surface area (Å²) in [5.41, 5.74) is 3.63. The van der Waals surface area contributed by atoms with Crippen LogP contribution in [0.5, 0.6) is 0 Å². The van der Waals surface area contributed by atoms with Crippen LogP contribution in [0, 0.1) is 13.8 Å². The van der Waals surface area contributed by atoms with Crippen LogP contribution in [-0.2, 0) is 14.8 Å². The first-order valence-corrected chi connectivity index (χ1v) is 11.4. The predicted molar refractivity (Wildman–Crippen MR) is 115 cm³/mol. The van der Waals surface area contributed by atoms with Gasteiger partial charge in [0.25, 0.3) is 0 Å². The number of sulfonamides is 1. The van der Waals surface area contributed by atoms with Crippen LogP contribution >= 0.6 is 11.6 Å². The van der Waals surface area contributed by atoms with Gasteiger partial charge in [-0.3, -0.25) is 9.10 Å². The van der Waals surface area contributed by atoms with Gasteiger partial charge in [-0.05, 0) is 56.5 Å². The summed E-state index contributed by atoms with van der Waals surface area (Å²) in [5.74, 6) is -0.364. The van der Waals surface area contributed by atoms with E-state index in [1.54, 1.807) is 25.1 Å². The number of anilines is 1. The smallest absolute Gasteiger partial charge is 0.244 e. The van der Waals surface area contributed by atoms with Crippen LogP contribution in [0.25, 0.3) is 0 Å². The van der Waals surface area contributed by atoms with Crippen molar-refractivity contribution in [1.29, 1.82) is 0 Å². The standard InChI is InChI=1S/C21H27ClN2O3S/c1-6-20(19-11-10-14(2)12-15(19)3)23-21(25)16(4)24(28(5,26)27)18-9-7-8-17(22)13-18/h7-13,16,20H,6H2,1-5H3,(H,23,25). The van der Waals surface area contributed by atoms with Crippen molar-refractivity contribution in [2.45, 2.75) is 46.2 Å². The van der Waals surface area contributed by atoms with Gasteiger partial charge in [0.15, 0.2) is 0 Å². The molecule has 2 atom stereocenters. The Morgan fingerprint density at radius 1 is 1.18 bits per heavy atom. The summed E-state index contributed by atoms with van der Waals surface area (Å²) in [6.07, 6.45) is 1.78. The molecule has 0 saturated heterocycles. The SMILES string of the molecule is CCC(NC(=O)C(C)N(c1cccc(Cl)c1)S(C)(=O)=O)c1ccc(C)cc1C. The van der Waals surface area contributed by atoms with Gasteiger partial charge >= 0.3 is 0 Å². The summed E-state index contributed by atoms with van der Waals surface area (Å²) < 4.78 is 25.9. The lowest BCUT2D eigenvalue weighted by Crippen LogP contribution is -2.48. The van der Waals surface area contributed by atoms with Crippen molar-refractivity contribution in [1.82, 2.24) is 5.32 Å². The van der Waals surface area contributed by atoms with Gasteiger partial charge in [-0.15, -0.1) is 0 Å². The minimum Gasteiger partial charge on any atom is -0.347 e. The maximum atomic E-state index is 13.0. The van der Waals surface area contributed by atoms with E-state index in [4.69, 9.17) is 11.6 Å². The van der Waals surface area contributed by atoms with Crippen molar-refractivity contribution < 1.29 is 13.2 Å². The molecule has 0 saturated carbocycles. The lowest BCUT2D eigenvalue weighted by atomic mass is 9.97. The third-order valence-corrected chi connectivity index (χ3v) is 6.15. The Hall–Kier alpha value is -2.05. The Balaban J connectivity index is 2.31. The first kappa shape index (κ1) is 22.2. The summed E-state index contributed by atoms with van der Waals surface area (Å²) >= 11 is 6.02. The largest absolute Gasteiger partial charge is 0.347 e. The van der Waals surface area contributed by atoms with Crippen molar-refractivity contribution in [3.05, 3.63) is 64.2 Å². The van der Waals surface area contributed by atoms with Crippen LogP contribution in [-0.4, -0.2) is 26.6 Å². The van der Waals surface area contributed by atoms with E-state index in [0.29, 0.717) is 17.1 Å². The first-order valence-electron chi connectivity index (χ1n) is 9.17. The highest BCUT2D eigenvalue weighted by Crippen LogP contribution is 2.26. The zero-order chi connectivity index (χ0) is 21.1. The van der Waals surface area contributed by atoms with Gasteiger partial charge in [-0.2, -0.15) is 0 Å². The number of nitrogens with one attached hydrogen (secondary N) is 1. The summed E-state index contributed by atoms with van der Waals surface area (Å²) in [6, 6.07) is 11.4. The maximum absolute atomic E-state index is 13.0. The molecule has 0 aliphatic heterocycles. The fourth-order valence-corrected chi connectivity index (χ4v) is 4.68. The van der Waals surface area contributed by atoms with E-state index in [2.05, 4.69) is 11.4 Å². The topological polar surface area (TPSA) is 66.5 Å². The second-order valence-electron chi connectivity index (χ2n) is 7.04. The quantitative estimate of drug-likeness (QED) is 0.720. The van der Waals surface area contributed by atoms with E-state index in [0.717, 1.165) is 27.3 Å². The molecule has 2 aromatic carbocycles. The molecule has 2 rings (SSSR count). The highest BCUT2D eigenvalue weighted by atomic mass is 35.5. The minimum atomic E-state index is -3.69. The highest BCUT2D eigenvalue weighted by molar-refractivity contribution is 7.92. The Labute approximate surface area is 172 Å². The van der Waals surface area contributed by atoms with E-state index in [-0.39, 0.29) is 11.9 Å². The molecule has 7 heteroatoms. The summed E-state index contributed by atoms with van der Waals surface area (Å²) in [7, 11) is -3.69. The number of halogens is 1. The summed E-state index contributed by atoms with van der Waals surface area (Å²) in [6.45, 7) is 7.59. The van der Waals surface area contributed by atoms with Gasteiger partial charge in [-0.1, -0.05) is 48.4 Å². The van der Waals surface area contributed by atoms with Crippen LogP contribution in [0.1, 0.15) is 43.0 Å². The molecule has 0 aliphatic carbocycles. The Kier molecular flexibility index (Phi) is 7.12. The van der Waals surface area contributed by atoms with E-state index in [1.165, 1.54) is 6.07 Å². The summed E-state index contributed by atoms with van der Waals surface area (Å²) in [5, 5.41) is 3.41. The molecule has 0 spiro atoms. The molecule has 2 unspecified atom stereocenters. The molecule has 0 bridgehead atoms. The van der Waals surface area contributed by atoms with Gasteiger partial charge in [0.05, 0.1) is 18.0 Å². The summed E-state index contributed by atoms with van der Waals surface area (Å²) in [4.78, 5) is 13.0. The Morgan fingerprint density at radius 2 is 1.86 bits per heavy atom. The molecule has 0 fully saturated rings. The van der Waals surface area contributed by atoms with Crippen LogP contribution in [0.15, 0.2) is 42.5 Å². The third-order valence-electron chi connectivity index (χ3n) is 4.68. The monoisotopic (exact) mass is 422 g/mol. The normalized spacial score (nSPS) is 13.6. The average molecular weight is 423 g/mol. The second-order valence-corrected chi connectivity index (χ2v) is 9.34. The van der Waals surface area contributed by atoms with E-state index in [1.807, 2.05) is 32.9 Å². The molecule has 0 heterocycles. The fraction of sp³-hybridized carbons (Fsp3) is 0.381. The van der Waals surface area contributed by atoms with Crippen molar-refractivity contribution in [2.75, 3.05) is 10.6 Å². The van der Waals surface area contributed by atoms with Gasteiger partial charge < -0.3 is 5.32 Å². The number of benzene rings is 2. The van der Waals surface area contributed by atoms with E-state index >= 15 is 0 Å². The first-order chi connectivity index (χ1) is 13.0. The van der Waals surface area contributed by atoms with Gasteiger partial charge in [0.2, 0.25) is 15.9 Å². The predicted octanol–water partition coefficient (Wildman–Crippen LogP) is 4.38. The molecule has 2 aromatic rings. The van der Waals surface area contributed by atoms with Gasteiger partial charge in [0.1, 0.15) is 6.04 Å². The molecule has 1 amide bonds. The average Bonchev–Trinajstić information content (AvgIpc) is 2.59. The number of aryl methyl sites for hydroxylation is 2. The molecule has 28 heavy (non-hydrogen) atoms. The fourth-order valence-electron chi connectivity index (χ4n) is 3.33. The van der Waals surface area contributed by atoms with Crippen LogP contribution in [0.3, 0.4) is 0 Å². The second kappa shape index (κ2) is 8.97. The van der Waals surface area contributed by atoms with E-state index in [9.17, 15) is 13.2 Å². The number of nitrogens with zero attached hydrogens (tertiary/aromatic N) is 1. The van der Waals surface area contributed by atoms with Gasteiger partial charge in [-0.25, -0.2) is 8.42 Å². The Bertz CT molecular complexity index is 960. The molecular formula is C21H27ClN2O3S. The molecule has 0 aromatic heterocycles. The lowest BCUT2D eigenvalue weighted by Gasteiger charge is -2.30. The van der Waals surface area contributed by atoms with Crippen molar-refractivity contribution in [3.63, 3.8) is 0 Å². The third kappa shape index (κ3) is 5.26. The molecule has 0 radical (unpaired) electrons. The van der Waals surface area contributed by atoms with Crippen LogP contribution in [0.2, 0.25) is 5.02 Å². The number of carbonyl (C=O) groups excluding carboxylic acids is 1. The molecule has 152 valence electrons. The molecule has 0 aliphatic rings. The van der Waals surface area contributed by atoms with Crippen molar-refractivity contribution in [2.24, 2.45) is 0 Å². The van der Waals surface area contributed by atoms with Crippen molar-refractivity contribution >= 4 is 33.2 Å². The molecule has 5 nitrogen and oxygen atoms in total. The Morgan fingerprint density at radius 3 is 2.39 bits per heavy atom. The number of rotatable bonds is 7. The minimum absolute atomic E-state index is 0.198. The number of carbonyl (C=O) groups is 1. The zero-order valence-corrected chi connectivity index (χ0v) is 18.4. The van der Waals surface area contributed by atoms with Crippen LogP contribution in [0.4, 0.5) is 5.69 Å². The van der Waals surface area contributed by atoms with Crippen molar-refractivity contribution in [3.8, 4) is 0 Å². The molecular weight excluding hydrogens is 396 g/mol. The van der Waals surface area contributed by atoms with E-state index < -0.39 is 16.1 Å². The number of hydrogen-bond acceptors (Lipinski definition) is 3. The van der Waals surface area contributed by atoms with Crippen LogP contribution < -0.4 is 9.62 Å². The van der Waals surface area contributed by atoms with Gasteiger partial charge in [0, 0.05) is 5.02 Å². The highest BCUT2D eigenvalue weighted by Gasteiger charge is 2.30. The zero-order valence-electron chi connectivity index (χ0n) is 16.9. The maximum Gasteiger partial charge on any atom is 0.244 e. The number of hydrogen-bond donors (Lipinski definition) is 1. The lowest BCUT2D eigenvalue weighted by molar-refractivity contribution is -0.122. The molecule has 1 N–H and O–H groups in total. The number of amides is 1.